The molecule has 0 heterocycles. The normalized spacial score (nSPS) is 22.4. The summed E-state index contributed by atoms with van der Waals surface area (Å²) in [6.07, 6.45) is 36.1. The fraction of sp³-hybridized carbons (Fsp3) is 0.271. The fourth-order valence-electron chi connectivity index (χ4n) is 10.1. The van der Waals surface area contributed by atoms with E-state index in [4.69, 9.17) is 11.6 Å². The Morgan fingerprint density at radius 3 is 2.17 bits per heavy atom. The second-order valence-corrected chi connectivity index (χ2v) is 17.2. The minimum absolute atomic E-state index is 0.0812. The molecule has 3 atom stereocenters. The smallest absolute Gasteiger partial charge is 0.0702 e. The summed E-state index contributed by atoms with van der Waals surface area (Å²) in [6.45, 7) is 15.4. The second-order valence-electron chi connectivity index (χ2n) is 17.2. The molecule has 0 bridgehead atoms. The molecule has 3 unspecified atom stereocenters. The molecule has 1 saturated carbocycles. The van der Waals surface area contributed by atoms with E-state index in [2.05, 4.69) is 178 Å². The standard InChI is InChI=1S/C59H61N/c1-5-19-57(51-38-32-48(33-39-51)46-20-10-7-11-21-46)60-59(53-24-14-9-15-25-53)43(4)42(3)45-30-36-50(37-31-45)54-27-16-17-28-55(54)56-29-18-26-44(6-2)58(56)52-40-34-49(35-41-52)47-22-12-8-13-23-47/h5-6,8-9,12-20,22-24,26-32,36-39,42,48-49,52-53H,1-2,4,7,10-11,21,25,33-35,40-41H2,3H3/b57-19+,60-59?. The van der Waals surface area contributed by atoms with Gasteiger partial charge in [-0.2, -0.15) is 0 Å². The maximum absolute atomic E-state index is 5.47. The van der Waals surface area contributed by atoms with Crippen LogP contribution in [-0.2, 0) is 0 Å². The predicted octanol–water partition coefficient (Wildman–Crippen LogP) is 16.4. The lowest BCUT2D eigenvalue weighted by atomic mass is 9.73. The monoisotopic (exact) mass is 783 g/mol. The molecule has 4 aromatic rings. The zero-order chi connectivity index (χ0) is 41.3. The van der Waals surface area contributed by atoms with Crippen molar-refractivity contribution in [2.75, 3.05) is 0 Å². The van der Waals surface area contributed by atoms with Crippen LogP contribution in [0.2, 0.25) is 0 Å². The third kappa shape index (κ3) is 9.17. The van der Waals surface area contributed by atoms with Gasteiger partial charge in [0.15, 0.2) is 0 Å². The predicted molar refractivity (Wildman–Crippen MR) is 259 cm³/mol. The van der Waals surface area contributed by atoms with Gasteiger partial charge >= 0.3 is 0 Å². The lowest BCUT2D eigenvalue weighted by Gasteiger charge is -2.31. The minimum atomic E-state index is 0.0812. The third-order valence-corrected chi connectivity index (χ3v) is 13.6. The summed E-state index contributed by atoms with van der Waals surface area (Å²) in [5.74, 6) is 1.89. The summed E-state index contributed by atoms with van der Waals surface area (Å²) >= 11 is 0. The molecule has 4 aliphatic carbocycles. The van der Waals surface area contributed by atoms with E-state index in [1.54, 1.807) is 5.57 Å². The zero-order valence-corrected chi connectivity index (χ0v) is 35.6. The molecule has 4 aromatic carbocycles. The number of benzene rings is 4. The van der Waals surface area contributed by atoms with Crippen LogP contribution in [0.25, 0.3) is 28.3 Å². The number of aliphatic imine (C=N–C) groups is 1. The van der Waals surface area contributed by atoms with Crippen molar-refractivity contribution >= 4 is 11.8 Å². The van der Waals surface area contributed by atoms with Crippen LogP contribution in [0.1, 0.15) is 111 Å². The van der Waals surface area contributed by atoms with Crippen LogP contribution in [0.5, 0.6) is 0 Å². The van der Waals surface area contributed by atoms with Gasteiger partial charge in [0.25, 0.3) is 0 Å². The van der Waals surface area contributed by atoms with Gasteiger partial charge in [-0.25, -0.2) is 0 Å². The van der Waals surface area contributed by atoms with E-state index in [0.29, 0.717) is 17.8 Å². The molecule has 0 saturated heterocycles. The van der Waals surface area contributed by atoms with Crippen molar-refractivity contribution in [1.82, 2.24) is 0 Å². The highest BCUT2D eigenvalue weighted by Crippen LogP contribution is 2.46. The molecule has 0 N–H and O–H groups in total. The first-order valence-corrected chi connectivity index (χ1v) is 22.5. The van der Waals surface area contributed by atoms with Crippen molar-refractivity contribution in [2.45, 2.75) is 88.9 Å². The summed E-state index contributed by atoms with van der Waals surface area (Å²) in [7, 11) is 0. The molecule has 0 radical (unpaired) electrons. The van der Waals surface area contributed by atoms with Crippen molar-refractivity contribution in [3.63, 3.8) is 0 Å². The molecule has 1 heteroatoms. The van der Waals surface area contributed by atoms with Gasteiger partial charge in [-0.05, 0) is 138 Å². The maximum atomic E-state index is 5.47. The molecule has 0 amide bonds. The zero-order valence-electron chi connectivity index (χ0n) is 35.6. The molecule has 1 nitrogen and oxygen atoms in total. The molecule has 0 spiro atoms. The molecular formula is C59H61N. The van der Waals surface area contributed by atoms with Crippen LogP contribution < -0.4 is 0 Å². The summed E-state index contributed by atoms with van der Waals surface area (Å²) in [5.41, 5.74) is 16.4. The van der Waals surface area contributed by atoms with Crippen LogP contribution in [-0.4, -0.2) is 5.71 Å². The average Bonchev–Trinajstić information content (AvgIpc) is 3.33. The Morgan fingerprint density at radius 2 is 1.48 bits per heavy atom. The number of nitrogens with zero attached hydrogens (tertiary/aromatic N) is 1. The fourth-order valence-corrected chi connectivity index (χ4v) is 10.1. The highest BCUT2D eigenvalue weighted by molar-refractivity contribution is 6.04. The van der Waals surface area contributed by atoms with Crippen LogP contribution in [0.15, 0.2) is 205 Å². The lowest BCUT2D eigenvalue weighted by Crippen LogP contribution is -2.19. The van der Waals surface area contributed by atoms with E-state index in [0.717, 1.165) is 29.8 Å². The van der Waals surface area contributed by atoms with Gasteiger partial charge in [0, 0.05) is 17.8 Å². The highest BCUT2D eigenvalue weighted by atomic mass is 14.8. The quantitative estimate of drug-likeness (QED) is 0.0727. The molecule has 4 aliphatic rings. The number of rotatable bonds is 13. The first-order valence-electron chi connectivity index (χ1n) is 22.5. The van der Waals surface area contributed by atoms with E-state index < -0.39 is 0 Å². The van der Waals surface area contributed by atoms with Crippen LogP contribution >= 0.6 is 0 Å². The van der Waals surface area contributed by atoms with E-state index in [1.807, 2.05) is 6.08 Å². The average molecular weight is 784 g/mol. The number of hydrogen-bond donors (Lipinski definition) is 0. The van der Waals surface area contributed by atoms with Gasteiger partial charge in [-0.3, -0.25) is 4.99 Å². The van der Waals surface area contributed by atoms with Crippen LogP contribution in [0.3, 0.4) is 0 Å². The molecule has 0 aliphatic heterocycles. The third-order valence-electron chi connectivity index (χ3n) is 13.6. The summed E-state index contributed by atoms with van der Waals surface area (Å²) in [6, 6.07) is 36.1. The lowest BCUT2D eigenvalue weighted by molar-refractivity contribution is 0.396. The van der Waals surface area contributed by atoms with Crippen LogP contribution in [0.4, 0.5) is 0 Å². The van der Waals surface area contributed by atoms with Crippen molar-refractivity contribution < 1.29 is 0 Å². The maximum Gasteiger partial charge on any atom is 0.0702 e. The molecule has 1 fully saturated rings. The number of allylic oxidation sites excluding steroid dienone is 12. The second kappa shape index (κ2) is 19.5. The Balaban J connectivity index is 1.05. The Hall–Kier alpha value is -5.79. The Kier molecular flexibility index (Phi) is 13.3. The van der Waals surface area contributed by atoms with E-state index in [-0.39, 0.29) is 11.8 Å². The van der Waals surface area contributed by atoms with Crippen molar-refractivity contribution in [2.24, 2.45) is 16.8 Å². The van der Waals surface area contributed by atoms with Crippen molar-refractivity contribution in [3.8, 4) is 22.3 Å². The molecule has 8 rings (SSSR count). The molecule has 302 valence electrons. The minimum Gasteiger partial charge on any atom is -0.252 e. The van der Waals surface area contributed by atoms with E-state index >= 15 is 0 Å². The Labute approximate surface area is 360 Å². The van der Waals surface area contributed by atoms with Crippen molar-refractivity contribution in [3.05, 3.63) is 222 Å². The topological polar surface area (TPSA) is 12.4 Å². The van der Waals surface area contributed by atoms with Gasteiger partial charge in [-0.15, -0.1) is 0 Å². The van der Waals surface area contributed by atoms with E-state index in [1.165, 1.54) is 101 Å². The largest absolute Gasteiger partial charge is 0.252 e. The highest BCUT2D eigenvalue weighted by Gasteiger charge is 2.28. The van der Waals surface area contributed by atoms with Crippen LogP contribution in [0, 0.1) is 11.8 Å². The van der Waals surface area contributed by atoms with Gasteiger partial charge in [0.2, 0.25) is 0 Å². The van der Waals surface area contributed by atoms with Gasteiger partial charge in [0.05, 0.1) is 11.4 Å². The summed E-state index contributed by atoms with van der Waals surface area (Å²) < 4.78 is 0. The molecular weight excluding hydrogens is 723 g/mol. The first-order chi connectivity index (χ1) is 29.5. The van der Waals surface area contributed by atoms with Gasteiger partial charge in [0.1, 0.15) is 0 Å². The SMILES string of the molecule is C=C/C=C(/N=C(C(=C)C(C)c1ccc(-c2ccccc2-c2cccc(C=C)c2C2CCC(c3ccccc3)CC2)cc1)C1C=CC=CC1)C1=CCC(C2=CCCCC2)C=C1. The Morgan fingerprint density at radius 1 is 0.733 bits per heavy atom. The van der Waals surface area contributed by atoms with E-state index in [9.17, 15) is 0 Å². The summed E-state index contributed by atoms with van der Waals surface area (Å²) in [5, 5.41) is 0. The van der Waals surface area contributed by atoms with Crippen molar-refractivity contribution in [1.29, 1.82) is 0 Å². The first kappa shape index (κ1) is 41.0. The van der Waals surface area contributed by atoms with Gasteiger partial charge in [-0.1, -0.05) is 190 Å². The molecule has 0 aromatic heterocycles. The van der Waals surface area contributed by atoms with Gasteiger partial charge < -0.3 is 0 Å². The Bertz CT molecular complexity index is 2400. The molecule has 60 heavy (non-hydrogen) atoms. The number of hydrogen-bond acceptors (Lipinski definition) is 1. The summed E-state index contributed by atoms with van der Waals surface area (Å²) in [4.78, 5) is 5.47.